The van der Waals surface area contributed by atoms with Crippen molar-refractivity contribution in [3.8, 4) is 39.9 Å². The van der Waals surface area contributed by atoms with E-state index in [1.807, 2.05) is 18.0 Å². The van der Waals surface area contributed by atoms with Crippen molar-refractivity contribution in [2.24, 2.45) is 10.8 Å². The largest absolute Gasteiger partial charge is 0.507 e. The monoisotopic (exact) mass is 507 g/mol. The van der Waals surface area contributed by atoms with Gasteiger partial charge in [0.2, 0.25) is 0 Å². The van der Waals surface area contributed by atoms with E-state index in [-0.39, 0.29) is 22.6 Å². The van der Waals surface area contributed by atoms with Crippen LogP contribution >= 0.6 is 0 Å². The lowest BCUT2D eigenvalue weighted by molar-refractivity contribution is -0.0540. The summed E-state index contributed by atoms with van der Waals surface area (Å²) in [5.41, 5.74) is 1.80. The van der Waals surface area contributed by atoms with Gasteiger partial charge in [0.25, 0.3) is 5.88 Å². The third kappa shape index (κ3) is 4.55. The van der Waals surface area contributed by atoms with Gasteiger partial charge in [0.1, 0.15) is 11.9 Å². The first kappa shape index (κ1) is 25.2. The van der Waals surface area contributed by atoms with Gasteiger partial charge in [0.15, 0.2) is 17.4 Å². The van der Waals surface area contributed by atoms with Crippen molar-refractivity contribution in [2.75, 3.05) is 26.2 Å². The summed E-state index contributed by atoms with van der Waals surface area (Å²) in [7, 11) is 4.95. The highest BCUT2D eigenvalue weighted by atomic mass is 19.1. The maximum Gasteiger partial charge on any atom is 0.256 e. The molecule has 4 atom stereocenters. The second kappa shape index (κ2) is 9.43. The third-order valence-electron chi connectivity index (χ3n) is 8.28. The summed E-state index contributed by atoms with van der Waals surface area (Å²) in [4.78, 5) is 10.6. The van der Waals surface area contributed by atoms with Gasteiger partial charge in [0.05, 0.1) is 32.0 Å². The van der Waals surface area contributed by atoms with Crippen LogP contribution in [-0.4, -0.2) is 58.8 Å². The lowest BCUT2D eigenvalue weighted by atomic mass is 9.54. The first-order valence-electron chi connectivity index (χ1n) is 12.6. The molecule has 0 unspecified atom stereocenters. The van der Waals surface area contributed by atoms with Crippen LogP contribution in [0.25, 0.3) is 22.5 Å². The highest BCUT2D eigenvalue weighted by Gasteiger charge is 2.54. The number of aromatic nitrogens is 4. The van der Waals surface area contributed by atoms with E-state index in [9.17, 15) is 5.11 Å². The quantitative estimate of drug-likeness (QED) is 0.470. The van der Waals surface area contributed by atoms with Crippen molar-refractivity contribution >= 4 is 5.82 Å². The van der Waals surface area contributed by atoms with Crippen LogP contribution in [0.1, 0.15) is 46.0 Å². The van der Waals surface area contributed by atoms with Crippen LogP contribution < -0.4 is 14.4 Å². The molecular formula is C28H34FN5O3. The molecule has 0 radical (unpaired) electrons. The number of fused-ring (bicyclic) bond motifs is 2. The first-order chi connectivity index (χ1) is 17.7. The molecule has 196 valence electrons. The van der Waals surface area contributed by atoms with Gasteiger partial charge < -0.3 is 19.5 Å². The number of halogens is 1. The Morgan fingerprint density at radius 2 is 1.84 bits per heavy atom. The standard InChI is InChI=1S/C28H34FN5O3/c1-27-9-6-10-28(2,16-27)24(29)20(13-27)34(3)23-15-30-25(33-32-23)19-8-7-17(11-21(19)35)18-12-22(36-4)26(37-5)31-14-18/h7-8,11-12,14-15,20,24,35H,6,9-10,13,16H2,1-5H3/t20-,24-,27-,28-/m1/s1. The van der Waals surface area contributed by atoms with Crippen LogP contribution in [0.2, 0.25) is 0 Å². The number of aromatic hydroxyl groups is 1. The summed E-state index contributed by atoms with van der Waals surface area (Å²) >= 11 is 0. The Morgan fingerprint density at radius 3 is 2.51 bits per heavy atom. The number of phenolic OH excluding ortho intramolecular Hbond substituents is 1. The number of hydrogen-bond donors (Lipinski definition) is 1. The van der Waals surface area contributed by atoms with Crippen LogP contribution in [0.3, 0.4) is 0 Å². The fourth-order valence-corrected chi connectivity index (χ4v) is 6.40. The van der Waals surface area contributed by atoms with Crippen LogP contribution in [0.5, 0.6) is 17.4 Å². The Bertz CT molecular complexity index is 1290. The molecule has 2 saturated carbocycles. The molecule has 2 heterocycles. The van der Waals surface area contributed by atoms with Gasteiger partial charge >= 0.3 is 0 Å². The minimum absolute atomic E-state index is 0.0139. The normalized spacial score (nSPS) is 27.0. The highest BCUT2D eigenvalue weighted by molar-refractivity contribution is 5.73. The number of hydrogen-bond acceptors (Lipinski definition) is 8. The minimum atomic E-state index is -0.935. The zero-order valence-electron chi connectivity index (χ0n) is 22.0. The molecule has 1 aromatic carbocycles. The number of phenols is 1. The molecule has 2 fully saturated rings. The molecule has 0 amide bonds. The van der Waals surface area contributed by atoms with Crippen molar-refractivity contribution in [1.29, 1.82) is 0 Å². The molecule has 2 aromatic heterocycles. The smallest absolute Gasteiger partial charge is 0.256 e. The molecule has 9 heteroatoms. The Hall–Kier alpha value is -3.49. The van der Waals surface area contributed by atoms with Gasteiger partial charge in [-0.05, 0) is 54.9 Å². The van der Waals surface area contributed by atoms with Crippen LogP contribution in [0.15, 0.2) is 36.7 Å². The SMILES string of the molecule is COc1cc(-c2ccc(-c3ncc(N(C)[C@@H]4C[C@@]5(C)CCC[C@](C)(C5)[C@@H]4F)nn3)c(O)c2)cnc1OC. The van der Waals surface area contributed by atoms with Crippen molar-refractivity contribution < 1.29 is 19.0 Å². The molecule has 1 N–H and O–H groups in total. The van der Waals surface area contributed by atoms with E-state index in [0.29, 0.717) is 28.8 Å². The molecular weight excluding hydrogens is 473 g/mol. The molecule has 5 rings (SSSR count). The number of anilines is 1. The summed E-state index contributed by atoms with van der Waals surface area (Å²) in [6.07, 6.45) is 7.19. The Labute approximate surface area is 216 Å². The fraction of sp³-hybridized carbons (Fsp3) is 0.500. The van der Waals surface area contributed by atoms with Gasteiger partial charge in [-0.1, -0.05) is 26.3 Å². The van der Waals surface area contributed by atoms with Gasteiger partial charge in [-0.2, -0.15) is 0 Å². The zero-order valence-corrected chi connectivity index (χ0v) is 22.0. The first-order valence-corrected chi connectivity index (χ1v) is 12.6. The van der Waals surface area contributed by atoms with Gasteiger partial charge in [-0.3, -0.25) is 0 Å². The van der Waals surface area contributed by atoms with Crippen LogP contribution in [0.4, 0.5) is 10.2 Å². The van der Waals surface area contributed by atoms with E-state index < -0.39 is 6.17 Å². The molecule has 3 aromatic rings. The minimum Gasteiger partial charge on any atom is -0.507 e. The summed E-state index contributed by atoms with van der Waals surface area (Å²) in [5.74, 6) is 1.71. The molecule has 0 spiro atoms. The molecule has 8 nitrogen and oxygen atoms in total. The van der Waals surface area contributed by atoms with Gasteiger partial charge in [0, 0.05) is 24.2 Å². The summed E-state index contributed by atoms with van der Waals surface area (Å²) in [5, 5.41) is 19.4. The lowest BCUT2D eigenvalue weighted by Gasteiger charge is -2.55. The fourth-order valence-electron chi connectivity index (χ4n) is 6.40. The van der Waals surface area contributed by atoms with Gasteiger partial charge in [-0.15, -0.1) is 10.2 Å². The summed E-state index contributed by atoms with van der Waals surface area (Å²) in [6.45, 7) is 4.38. The zero-order chi connectivity index (χ0) is 26.4. The summed E-state index contributed by atoms with van der Waals surface area (Å²) < 4.78 is 26.2. The highest BCUT2D eigenvalue weighted by Crippen LogP contribution is 2.57. The maximum atomic E-state index is 15.7. The van der Waals surface area contributed by atoms with Crippen molar-refractivity contribution in [1.82, 2.24) is 20.2 Å². The van der Waals surface area contributed by atoms with E-state index >= 15 is 4.39 Å². The average molecular weight is 508 g/mol. The molecule has 0 aliphatic heterocycles. The molecule has 2 bridgehead atoms. The Balaban J connectivity index is 1.37. The maximum absolute atomic E-state index is 15.7. The average Bonchev–Trinajstić information content (AvgIpc) is 2.90. The number of alkyl halides is 1. The predicted molar refractivity (Wildman–Crippen MR) is 140 cm³/mol. The van der Waals surface area contributed by atoms with Crippen molar-refractivity contribution in [3.05, 3.63) is 36.7 Å². The molecule has 2 aliphatic carbocycles. The number of ether oxygens (including phenoxy) is 2. The number of rotatable bonds is 6. The van der Waals surface area contributed by atoms with E-state index in [1.54, 1.807) is 37.7 Å². The van der Waals surface area contributed by atoms with E-state index in [0.717, 1.165) is 43.2 Å². The van der Waals surface area contributed by atoms with Crippen LogP contribution in [-0.2, 0) is 0 Å². The van der Waals surface area contributed by atoms with E-state index in [2.05, 4.69) is 34.0 Å². The number of pyridine rings is 1. The van der Waals surface area contributed by atoms with E-state index in [1.165, 1.54) is 7.11 Å². The topological polar surface area (TPSA) is 93.5 Å². The van der Waals surface area contributed by atoms with Crippen molar-refractivity contribution in [3.63, 3.8) is 0 Å². The van der Waals surface area contributed by atoms with Crippen LogP contribution in [0, 0.1) is 10.8 Å². The second-order valence-electron chi connectivity index (χ2n) is 11.1. The Morgan fingerprint density at radius 1 is 1.03 bits per heavy atom. The third-order valence-corrected chi connectivity index (χ3v) is 8.28. The van der Waals surface area contributed by atoms with Gasteiger partial charge in [-0.25, -0.2) is 14.4 Å². The van der Waals surface area contributed by atoms with Crippen molar-refractivity contribution in [2.45, 2.75) is 58.2 Å². The lowest BCUT2D eigenvalue weighted by Crippen LogP contribution is -2.57. The number of methoxy groups -OCH3 is 2. The molecule has 2 aliphatic rings. The van der Waals surface area contributed by atoms with E-state index in [4.69, 9.17) is 9.47 Å². The Kier molecular flexibility index (Phi) is 6.41. The molecule has 0 saturated heterocycles. The predicted octanol–water partition coefficient (Wildman–Crippen LogP) is 5.46. The molecule has 37 heavy (non-hydrogen) atoms. The summed E-state index contributed by atoms with van der Waals surface area (Å²) in [6, 6.07) is 6.73. The number of nitrogens with zero attached hydrogens (tertiary/aromatic N) is 5. The second-order valence-corrected chi connectivity index (χ2v) is 11.1. The number of benzene rings is 1.